The topological polar surface area (TPSA) is 55.6 Å². The molecular formula is C15H24N2O2. The molecular weight excluding hydrogens is 240 g/mol. The van der Waals surface area contributed by atoms with Gasteiger partial charge in [-0.05, 0) is 37.9 Å². The maximum absolute atomic E-state index is 11.8. The summed E-state index contributed by atoms with van der Waals surface area (Å²) in [7, 11) is 1.81. The predicted molar refractivity (Wildman–Crippen MR) is 77.2 cm³/mol. The molecule has 0 saturated carbocycles. The van der Waals surface area contributed by atoms with Crippen LogP contribution in [0.25, 0.3) is 0 Å². The largest absolute Gasteiger partial charge is 0.491 e. The van der Waals surface area contributed by atoms with E-state index in [4.69, 9.17) is 10.5 Å². The quantitative estimate of drug-likeness (QED) is 0.730. The number of nitrogens with zero attached hydrogens (tertiary/aromatic N) is 1. The Labute approximate surface area is 115 Å². The number of ether oxygens (including phenoxy) is 1. The first-order valence-electron chi connectivity index (χ1n) is 6.77. The van der Waals surface area contributed by atoms with E-state index < -0.39 is 0 Å². The zero-order chi connectivity index (χ0) is 14.1. The zero-order valence-corrected chi connectivity index (χ0v) is 11.9. The van der Waals surface area contributed by atoms with Gasteiger partial charge in [-0.1, -0.05) is 18.2 Å². The summed E-state index contributed by atoms with van der Waals surface area (Å²) in [5, 5.41) is 0. The SMILES string of the molecule is Cc1ccccc1OCCN(C)C(=O)CCCCN. The van der Waals surface area contributed by atoms with Crippen LogP contribution in [0.1, 0.15) is 24.8 Å². The number of hydrogen-bond acceptors (Lipinski definition) is 3. The Morgan fingerprint density at radius 3 is 2.74 bits per heavy atom. The van der Waals surface area contributed by atoms with Gasteiger partial charge in [-0.2, -0.15) is 0 Å². The highest BCUT2D eigenvalue weighted by atomic mass is 16.5. The van der Waals surface area contributed by atoms with E-state index in [1.165, 1.54) is 0 Å². The lowest BCUT2D eigenvalue weighted by molar-refractivity contribution is -0.130. The normalized spacial score (nSPS) is 10.3. The number of carbonyl (C=O) groups excluding carboxylic acids is 1. The second-order valence-electron chi connectivity index (χ2n) is 4.68. The number of unbranched alkanes of at least 4 members (excludes halogenated alkanes) is 1. The highest BCUT2D eigenvalue weighted by Crippen LogP contribution is 2.15. The number of aryl methyl sites for hydroxylation is 1. The molecule has 1 amide bonds. The lowest BCUT2D eigenvalue weighted by Crippen LogP contribution is -2.30. The minimum Gasteiger partial charge on any atom is -0.491 e. The summed E-state index contributed by atoms with van der Waals surface area (Å²) in [6, 6.07) is 7.88. The number of amides is 1. The fourth-order valence-corrected chi connectivity index (χ4v) is 1.75. The van der Waals surface area contributed by atoms with Crippen molar-refractivity contribution in [1.82, 2.24) is 4.90 Å². The van der Waals surface area contributed by atoms with Crippen LogP contribution in [0.15, 0.2) is 24.3 Å². The molecule has 106 valence electrons. The second-order valence-corrected chi connectivity index (χ2v) is 4.68. The van der Waals surface area contributed by atoms with Crippen LogP contribution in [-0.4, -0.2) is 37.6 Å². The summed E-state index contributed by atoms with van der Waals surface area (Å²) >= 11 is 0. The molecule has 0 radical (unpaired) electrons. The monoisotopic (exact) mass is 264 g/mol. The van der Waals surface area contributed by atoms with Crippen LogP contribution < -0.4 is 10.5 Å². The van der Waals surface area contributed by atoms with Crippen LogP contribution in [-0.2, 0) is 4.79 Å². The van der Waals surface area contributed by atoms with E-state index in [0.717, 1.165) is 24.2 Å². The smallest absolute Gasteiger partial charge is 0.222 e. The first-order chi connectivity index (χ1) is 9.15. The molecule has 0 aliphatic heterocycles. The Hall–Kier alpha value is -1.55. The highest BCUT2D eigenvalue weighted by molar-refractivity contribution is 5.75. The standard InChI is InChI=1S/C15H24N2O2/c1-13-7-3-4-8-14(13)19-12-11-17(2)15(18)9-5-6-10-16/h3-4,7-8H,5-6,9-12,16H2,1-2H3. The van der Waals surface area contributed by atoms with Crippen LogP contribution in [0.2, 0.25) is 0 Å². The number of hydrogen-bond donors (Lipinski definition) is 1. The van der Waals surface area contributed by atoms with Crippen molar-refractivity contribution in [2.24, 2.45) is 5.73 Å². The van der Waals surface area contributed by atoms with E-state index in [1.807, 2.05) is 38.2 Å². The van der Waals surface area contributed by atoms with Gasteiger partial charge in [0.05, 0.1) is 6.54 Å². The van der Waals surface area contributed by atoms with Gasteiger partial charge in [0.25, 0.3) is 0 Å². The molecule has 0 saturated heterocycles. The lowest BCUT2D eigenvalue weighted by Gasteiger charge is -2.18. The third kappa shape index (κ3) is 5.75. The van der Waals surface area contributed by atoms with Crippen molar-refractivity contribution >= 4 is 5.91 Å². The van der Waals surface area contributed by atoms with Crippen LogP contribution in [0.4, 0.5) is 0 Å². The van der Waals surface area contributed by atoms with E-state index in [9.17, 15) is 4.79 Å². The minimum absolute atomic E-state index is 0.154. The summed E-state index contributed by atoms with van der Waals surface area (Å²) in [4.78, 5) is 13.5. The Morgan fingerprint density at radius 1 is 1.32 bits per heavy atom. The molecule has 0 bridgehead atoms. The molecule has 0 atom stereocenters. The molecule has 0 spiro atoms. The van der Waals surface area contributed by atoms with Crippen molar-refractivity contribution in [2.75, 3.05) is 26.7 Å². The third-order valence-electron chi connectivity index (χ3n) is 3.05. The van der Waals surface area contributed by atoms with Crippen molar-refractivity contribution in [3.63, 3.8) is 0 Å². The third-order valence-corrected chi connectivity index (χ3v) is 3.05. The van der Waals surface area contributed by atoms with Gasteiger partial charge < -0.3 is 15.4 Å². The molecule has 0 aromatic heterocycles. The number of rotatable bonds is 8. The molecule has 0 heterocycles. The lowest BCUT2D eigenvalue weighted by atomic mass is 10.2. The van der Waals surface area contributed by atoms with Crippen LogP contribution in [0.3, 0.4) is 0 Å². The van der Waals surface area contributed by atoms with Gasteiger partial charge in [-0.15, -0.1) is 0 Å². The van der Waals surface area contributed by atoms with Crippen molar-refractivity contribution < 1.29 is 9.53 Å². The molecule has 4 heteroatoms. The Bertz CT molecular complexity index is 393. The molecule has 1 rings (SSSR count). The summed E-state index contributed by atoms with van der Waals surface area (Å²) < 4.78 is 5.67. The highest BCUT2D eigenvalue weighted by Gasteiger charge is 2.08. The van der Waals surface area contributed by atoms with Crippen molar-refractivity contribution in [3.05, 3.63) is 29.8 Å². The van der Waals surface area contributed by atoms with Gasteiger partial charge in [0.15, 0.2) is 0 Å². The van der Waals surface area contributed by atoms with Crippen LogP contribution >= 0.6 is 0 Å². The fraction of sp³-hybridized carbons (Fsp3) is 0.533. The van der Waals surface area contributed by atoms with Crippen LogP contribution in [0.5, 0.6) is 5.75 Å². The molecule has 0 aliphatic rings. The van der Waals surface area contributed by atoms with Gasteiger partial charge in [-0.3, -0.25) is 4.79 Å². The number of para-hydroxylation sites is 1. The average Bonchev–Trinajstić information content (AvgIpc) is 2.41. The van der Waals surface area contributed by atoms with Gasteiger partial charge in [-0.25, -0.2) is 0 Å². The van der Waals surface area contributed by atoms with E-state index in [1.54, 1.807) is 4.90 Å². The van der Waals surface area contributed by atoms with Gasteiger partial charge in [0.2, 0.25) is 5.91 Å². The summed E-state index contributed by atoms with van der Waals surface area (Å²) in [5.41, 5.74) is 6.52. The minimum atomic E-state index is 0.154. The van der Waals surface area contributed by atoms with E-state index in [2.05, 4.69) is 0 Å². The van der Waals surface area contributed by atoms with Crippen molar-refractivity contribution in [3.8, 4) is 5.75 Å². The molecule has 4 nitrogen and oxygen atoms in total. The Morgan fingerprint density at radius 2 is 2.05 bits per heavy atom. The second kappa shape index (κ2) is 8.53. The molecule has 1 aromatic rings. The Kier molecular flexibility index (Phi) is 6.97. The maximum Gasteiger partial charge on any atom is 0.222 e. The average molecular weight is 264 g/mol. The first kappa shape index (κ1) is 15.5. The van der Waals surface area contributed by atoms with E-state index in [-0.39, 0.29) is 5.91 Å². The number of carbonyl (C=O) groups is 1. The molecule has 1 aromatic carbocycles. The molecule has 0 fully saturated rings. The summed E-state index contributed by atoms with van der Waals surface area (Å²) in [6.07, 6.45) is 2.33. The predicted octanol–water partition coefficient (Wildman–Crippen LogP) is 1.96. The van der Waals surface area contributed by atoms with Gasteiger partial charge >= 0.3 is 0 Å². The number of likely N-dealkylation sites (N-methyl/N-ethyl adjacent to an activating group) is 1. The summed E-state index contributed by atoms with van der Waals surface area (Å²) in [6.45, 7) is 3.78. The van der Waals surface area contributed by atoms with Crippen LogP contribution in [0, 0.1) is 6.92 Å². The number of nitrogens with two attached hydrogens (primary N) is 1. The summed E-state index contributed by atoms with van der Waals surface area (Å²) in [5.74, 6) is 1.04. The van der Waals surface area contributed by atoms with Crippen molar-refractivity contribution in [2.45, 2.75) is 26.2 Å². The molecule has 2 N–H and O–H groups in total. The Balaban J connectivity index is 2.25. The molecule has 0 aliphatic carbocycles. The van der Waals surface area contributed by atoms with E-state index >= 15 is 0 Å². The maximum atomic E-state index is 11.8. The number of benzene rings is 1. The first-order valence-corrected chi connectivity index (χ1v) is 6.77. The van der Waals surface area contributed by atoms with Gasteiger partial charge in [0, 0.05) is 13.5 Å². The fourth-order valence-electron chi connectivity index (χ4n) is 1.75. The van der Waals surface area contributed by atoms with Crippen molar-refractivity contribution in [1.29, 1.82) is 0 Å². The molecule has 19 heavy (non-hydrogen) atoms. The molecule has 0 unspecified atom stereocenters. The van der Waals surface area contributed by atoms with Gasteiger partial charge in [0.1, 0.15) is 12.4 Å². The zero-order valence-electron chi connectivity index (χ0n) is 11.9. The van der Waals surface area contributed by atoms with E-state index in [0.29, 0.717) is 26.1 Å².